The van der Waals surface area contributed by atoms with Crippen molar-refractivity contribution < 1.29 is 8.78 Å². The van der Waals surface area contributed by atoms with Crippen molar-refractivity contribution in [2.24, 2.45) is 0 Å². The van der Waals surface area contributed by atoms with Gasteiger partial charge in [-0.25, -0.2) is 8.78 Å². The van der Waals surface area contributed by atoms with Crippen LogP contribution in [-0.2, 0) is 0 Å². The molecule has 0 amide bonds. The standard InChI is InChI=1S/C13H15F2N/c1-16-13(9-4-2-3-5-9)11-7-6-10(14)8-12(11)15/h4,6-8,13,16H,2-3,5H2,1H3. The first kappa shape index (κ1) is 11.3. The third-order valence-corrected chi connectivity index (χ3v) is 3.01. The molecule has 0 saturated heterocycles. The van der Waals surface area contributed by atoms with Crippen molar-refractivity contribution in [3.05, 3.63) is 47.0 Å². The van der Waals surface area contributed by atoms with E-state index in [0.717, 1.165) is 25.3 Å². The summed E-state index contributed by atoms with van der Waals surface area (Å²) in [5, 5.41) is 3.09. The Morgan fingerprint density at radius 1 is 1.31 bits per heavy atom. The Morgan fingerprint density at radius 3 is 2.69 bits per heavy atom. The molecule has 2 rings (SSSR count). The van der Waals surface area contributed by atoms with Crippen molar-refractivity contribution in [3.63, 3.8) is 0 Å². The molecule has 0 fully saturated rings. The molecule has 0 aliphatic heterocycles. The topological polar surface area (TPSA) is 12.0 Å². The number of benzene rings is 1. The molecule has 1 aliphatic carbocycles. The molecule has 1 N–H and O–H groups in total. The average Bonchev–Trinajstić information content (AvgIpc) is 2.75. The molecule has 0 spiro atoms. The first-order valence-electron chi connectivity index (χ1n) is 5.53. The zero-order chi connectivity index (χ0) is 11.5. The van der Waals surface area contributed by atoms with Crippen LogP contribution in [0.1, 0.15) is 30.9 Å². The summed E-state index contributed by atoms with van der Waals surface area (Å²) in [6, 6.07) is 3.64. The van der Waals surface area contributed by atoms with Crippen LogP contribution in [0, 0.1) is 11.6 Å². The lowest BCUT2D eigenvalue weighted by Crippen LogP contribution is -2.19. The zero-order valence-corrected chi connectivity index (χ0v) is 9.26. The highest BCUT2D eigenvalue weighted by atomic mass is 19.1. The molecular weight excluding hydrogens is 208 g/mol. The van der Waals surface area contributed by atoms with Crippen LogP contribution in [-0.4, -0.2) is 7.05 Å². The SMILES string of the molecule is CNC(C1=CCCC1)c1ccc(F)cc1F. The third kappa shape index (κ3) is 2.14. The van der Waals surface area contributed by atoms with Gasteiger partial charge >= 0.3 is 0 Å². The maximum atomic E-state index is 13.6. The van der Waals surface area contributed by atoms with Crippen LogP contribution in [0.2, 0.25) is 0 Å². The number of allylic oxidation sites excluding steroid dienone is 1. The molecule has 3 heteroatoms. The molecule has 0 saturated carbocycles. The van der Waals surface area contributed by atoms with E-state index in [1.165, 1.54) is 17.7 Å². The molecule has 1 nitrogen and oxygen atoms in total. The Hall–Kier alpha value is -1.22. The Morgan fingerprint density at radius 2 is 2.12 bits per heavy atom. The largest absolute Gasteiger partial charge is 0.310 e. The molecule has 0 bridgehead atoms. The number of halogens is 2. The summed E-state index contributed by atoms with van der Waals surface area (Å²) in [6.45, 7) is 0. The average molecular weight is 223 g/mol. The quantitative estimate of drug-likeness (QED) is 0.775. The van der Waals surface area contributed by atoms with E-state index in [0.29, 0.717) is 5.56 Å². The van der Waals surface area contributed by atoms with Gasteiger partial charge in [0.15, 0.2) is 0 Å². The highest BCUT2D eigenvalue weighted by Gasteiger charge is 2.20. The molecule has 0 aromatic heterocycles. The van der Waals surface area contributed by atoms with Crippen LogP contribution in [0.25, 0.3) is 0 Å². The number of likely N-dealkylation sites (N-methyl/N-ethyl adjacent to an activating group) is 1. The molecule has 0 radical (unpaired) electrons. The van der Waals surface area contributed by atoms with Gasteiger partial charge in [0.2, 0.25) is 0 Å². The van der Waals surface area contributed by atoms with E-state index in [1.54, 1.807) is 7.05 Å². The minimum absolute atomic E-state index is 0.122. The van der Waals surface area contributed by atoms with E-state index in [9.17, 15) is 8.78 Å². The predicted octanol–water partition coefficient (Wildman–Crippen LogP) is 3.34. The summed E-state index contributed by atoms with van der Waals surface area (Å²) < 4.78 is 26.5. The molecule has 1 aliphatic rings. The maximum absolute atomic E-state index is 13.6. The number of nitrogens with one attached hydrogen (secondary N) is 1. The lowest BCUT2D eigenvalue weighted by atomic mass is 9.98. The Kier molecular flexibility index (Phi) is 3.34. The molecule has 1 unspecified atom stereocenters. The Balaban J connectivity index is 2.32. The molecule has 1 aromatic rings. The van der Waals surface area contributed by atoms with Crippen LogP contribution in [0.3, 0.4) is 0 Å². The van der Waals surface area contributed by atoms with Gasteiger partial charge in [0.05, 0.1) is 6.04 Å². The smallest absolute Gasteiger partial charge is 0.131 e. The minimum Gasteiger partial charge on any atom is -0.310 e. The fourth-order valence-electron chi connectivity index (χ4n) is 2.23. The van der Waals surface area contributed by atoms with E-state index >= 15 is 0 Å². The van der Waals surface area contributed by atoms with Crippen LogP contribution < -0.4 is 5.32 Å². The van der Waals surface area contributed by atoms with E-state index in [2.05, 4.69) is 11.4 Å². The number of hydrogen-bond acceptors (Lipinski definition) is 1. The summed E-state index contributed by atoms with van der Waals surface area (Å²) in [4.78, 5) is 0. The van der Waals surface area contributed by atoms with E-state index in [-0.39, 0.29) is 6.04 Å². The highest BCUT2D eigenvalue weighted by molar-refractivity contribution is 5.31. The summed E-state index contributed by atoms with van der Waals surface area (Å²) in [5.41, 5.74) is 1.73. The molecule has 0 heterocycles. The van der Waals surface area contributed by atoms with E-state index < -0.39 is 11.6 Å². The van der Waals surface area contributed by atoms with Crippen molar-refractivity contribution in [2.75, 3.05) is 7.05 Å². The van der Waals surface area contributed by atoms with E-state index in [1.807, 2.05) is 0 Å². The van der Waals surface area contributed by atoms with Gasteiger partial charge in [-0.1, -0.05) is 17.7 Å². The van der Waals surface area contributed by atoms with Gasteiger partial charge in [0.1, 0.15) is 11.6 Å². The maximum Gasteiger partial charge on any atom is 0.131 e. The molecule has 86 valence electrons. The predicted molar refractivity (Wildman–Crippen MR) is 60.1 cm³/mol. The normalized spacial score (nSPS) is 17.3. The van der Waals surface area contributed by atoms with E-state index in [4.69, 9.17) is 0 Å². The van der Waals surface area contributed by atoms with Crippen LogP contribution in [0.15, 0.2) is 29.8 Å². The van der Waals surface area contributed by atoms with Gasteiger partial charge < -0.3 is 5.32 Å². The number of rotatable bonds is 3. The minimum atomic E-state index is -0.531. The second kappa shape index (κ2) is 4.74. The molecule has 1 atom stereocenters. The Bertz CT molecular complexity index is 412. The van der Waals surface area contributed by atoms with Crippen molar-refractivity contribution in [1.29, 1.82) is 0 Å². The summed E-state index contributed by atoms with van der Waals surface area (Å²) in [6.07, 6.45) is 5.30. The van der Waals surface area contributed by atoms with Crippen molar-refractivity contribution >= 4 is 0 Å². The third-order valence-electron chi connectivity index (χ3n) is 3.01. The van der Waals surface area contributed by atoms with Crippen LogP contribution in [0.4, 0.5) is 8.78 Å². The highest BCUT2D eigenvalue weighted by Crippen LogP contribution is 2.31. The second-order valence-corrected chi connectivity index (χ2v) is 4.06. The first-order valence-corrected chi connectivity index (χ1v) is 5.53. The summed E-state index contributed by atoms with van der Waals surface area (Å²) in [7, 11) is 1.80. The van der Waals surface area contributed by atoms with Gasteiger partial charge in [-0.05, 0) is 32.4 Å². The molecule has 1 aromatic carbocycles. The monoisotopic (exact) mass is 223 g/mol. The van der Waals surface area contributed by atoms with Crippen LogP contribution in [0.5, 0.6) is 0 Å². The summed E-state index contributed by atoms with van der Waals surface area (Å²) in [5.74, 6) is -1.01. The van der Waals surface area contributed by atoms with Crippen LogP contribution >= 0.6 is 0 Å². The van der Waals surface area contributed by atoms with Gasteiger partial charge in [-0.3, -0.25) is 0 Å². The van der Waals surface area contributed by atoms with Gasteiger partial charge in [0, 0.05) is 11.6 Å². The molecule has 16 heavy (non-hydrogen) atoms. The van der Waals surface area contributed by atoms with Gasteiger partial charge in [-0.15, -0.1) is 0 Å². The Labute approximate surface area is 94.2 Å². The number of hydrogen-bond donors (Lipinski definition) is 1. The molecular formula is C13H15F2N. The lowest BCUT2D eigenvalue weighted by Gasteiger charge is -2.18. The van der Waals surface area contributed by atoms with Crippen molar-refractivity contribution in [2.45, 2.75) is 25.3 Å². The first-order chi connectivity index (χ1) is 7.72. The van der Waals surface area contributed by atoms with Gasteiger partial charge in [0.25, 0.3) is 0 Å². The summed E-state index contributed by atoms with van der Waals surface area (Å²) >= 11 is 0. The fraction of sp³-hybridized carbons (Fsp3) is 0.385. The van der Waals surface area contributed by atoms with Gasteiger partial charge in [-0.2, -0.15) is 0 Å². The zero-order valence-electron chi connectivity index (χ0n) is 9.26. The fourth-order valence-corrected chi connectivity index (χ4v) is 2.23. The van der Waals surface area contributed by atoms with Crippen molar-refractivity contribution in [3.8, 4) is 0 Å². The second-order valence-electron chi connectivity index (χ2n) is 4.06. The lowest BCUT2D eigenvalue weighted by molar-refractivity contribution is 0.545. The van der Waals surface area contributed by atoms with Crippen molar-refractivity contribution in [1.82, 2.24) is 5.32 Å².